The molecule has 0 N–H and O–H groups in total. The van der Waals surface area contributed by atoms with Gasteiger partial charge in [-0.15, -0.1) is 10.2 Å². The second-order valence-electron chi connectivity index (χ2n) is 7.22. The average molecular weight is 424 g/mol. The first-order valence-corrected chi connectivity index (χ1v) is 11.0. The Morgan fingerprint density at radius 3 is 2.59 bits per heavy atom. The Morgan fingerprint density at radius 1 is 1.14 bits per heavy atom. The van der Waals surface area contributed by atoms with E-state index >= 15 is 0 Å². The topological polar surface area (TPSA) is 57.7 Å². The van der Waals surface area contributed by atoms with E-state index in [-0.39, 0.29) is 5.25 Å². The molecule has 2 aromatic carbocycles. The molecule has 4 rings (SSSR count). The lowest BCUT2D eigenvalue weighted by molar-refractivity contribution is 0.838. The maximum Gasteiger partial charge on any atom is 0.232 e. The number of rotatable bonds is 6. The molecule has 0 aliphatic carbocycles. The Hall–Kier alpha value is -2.49. The van der Waals surface area contributed by atoms with Crippen LogP contribution >= 0.6 is 23.4 Å². The van der Waals surface area contributed by atoms with Crippen LogP contribution in [0.2, 0.25) is 5.02 Å². The number of aryl methyl sites for hydroxylation is 1. The van der Waals surface area contributed by atoms with Gasteiger partial charge in [0.2, 0.25) is 5.95 Å². The summed E-state index contributed by atoms with van der Waals surface area (Å²) in [5.41, 5.74) is 3.27. The predicted molar refractivity (Wildman–Crippen MR) is 118 cm³/mol. The van der Waals surface area contributed by atoms with Gasteiger partial charge in [0.15, 0.2) is 5.16 Å². The van der Waals surface area contributed by atoms with Crippen LogP contribution in [0, 0.1) is 18.3 Å². The van der Waals surface area contributed by atoms with Gasteiger partial charge in [0.05, 0.1) is 11.8 Å². The van der Waals surface area contributed by atoms with Gasteiger partial charge in [-0.3, -0.25) is 4.57 Å². The molecule has 29 heavy (non-hydrogen) atoms. The number of hydrogen-bond donors (Lipinski definition) is 0. The third kappa shape index (κ3) is 4.58. The van der Waals surface area contributed by atoms with Crippen LogP contribution in [0.1, 0.15) is 24.0 Å². The van der Waals surface area contributed by atoms with Crippen molar-refractivity contribution < 1.29 is 0 Å². The summed E-state index contributed by atoms with van der Waals surface area (Å²) >= 11 is 7.71. The maximum absolute atomic E-state index is 9.77. The van der Waals surface area contributed by atoms with Crippen LogP contribution in [-0.4, -0.2) is 33.1 Å². The zero-order valence-corrected chi connectivity index (χ0v) is 17.8. The van der Waals surface area contributed by atoms with Gasteiger partial charge in [-0.05, 0) is 49.9 Å². The van der Waals surface area contributed by atoms with Gasteiger partial charge in [-0.2, -0.15) is 5.26 Å². The van der Waals surface area contributed by atoms with E-state index in [9.17, 15) is 5.26 Å². The number of thioether (sulfide) groups is 1. The van der Waals surface area contributed by atoms with Crippen LogP contribution in [0.4, 0.5) is 5.95 Å². The fraction of sp³-hybridized carbons (Fsp3) is 0.318. The van der Waals surface area contributed by atoms with Crippen LogP contribution in [-0.2, 0) is 6.42 Å². The zero-order valence-electron chi connectivity index (χ0n) is 16.3. The van der Waals surface area contributed by atoms with Crippen molar-refractivity contribution in [1.29, 1.82) is 5.26 Å². The number of benzene rings is 2. The summed E-state index contributed by atoms with van der Waals surface area (Å²) in [5, 5.41) is 19.8. The van der Waals surface area contributed by atoms with Gasteiger partial charge >= 0.3 is 0 Å². The molecular weight excluding hydrogens is 402 g/mol. The summed E-state index contributed by atoms with van der Waals surface area (Å²) in [6.45, 7) is 4.00. The molecule has 0 saturated carbocycles. The van der Waals surface area contributed by atoms with E-state index in [2.05, 4.69) is 52.4 Å². The minimum absolute atomic E-state index is 0.258. The first-order chi connectivity index (χ1) is 14.1. The highest BCUT2D eigenvalue weighted by molar-refractivity contribution is 8.00. The van der Waals surface area contributed by atoms with Crippen molar-refractivity contribution in [2.45, 2.75) is 36.6 Å². The van der Waals surface area contributed by atoms with Crippen molar-refractivity contribution in [3.05, 3.63) is 64.7 Å². The van der Waals surface area contributed by atoms with Gasteiger partial charge in [-0.25, -0.2) is 0 Å². The van der Waals surface area contributed by atoms with Crippen LogP contribution < -0.4 is 4.90 Å². The molecule has 0 spiro atoms. The smallest absolute Gasteiger partial charge is 0.232 e. The Labute approximate surface area is 180 Å². The van der Waals surface area contributed by atoms with Gasteiger partial charge in [0.25, 0.3) is 0 Å². The molecular formula is C22H22ClN5S. The Balaban J connectivity index is 1.65. The summed E-state index contributed by atoms with van der Waals surface area (Å²) in [7, 11) is 0. The van der Waals surface area contributed by atoms with Gasteiger partial charge < -0.3 is 4.90 Å². The van der Waals surface area contributed by atoms with E-state index in [4.69, 9.17) is 11.6 Å². The van der Waals surface area contributed by atoms with Crippen LogP contribution in [0.5, 0.6) is 0 Å². The molecule has 1 fully saturated rings. The third-order valence-corrected chi connectivity index (χ3v) is 6.27. The first kappa shape index (κ1) is 19.8. The number of hydrogen-bond acceptors (Lipinski definition) is 5. The van der Waals surface area contributed by atoms with E-state index in [1.54, 1.807) is 0 Å². The minimum Gasteiger partial charge on any atom is -0.341 e. The summed E-state index contributed by atoms with van der Waals surface area (Å²) in [5.74, 6) is 0.819. The molecule has 1 aliphatic heterocycles. The number of nitrogens with zero attached hydrogens (tertiary/aromatic N) is 5. The molecule has 0 radical (unpaired) electrons. The predicted octanol–water partition coefficient (Wildman–Crippen LogP) is 5.06. The minimum atomic E-state index is -0.258. The molecule has 0 amide bonds. The third-order valence-electron chi connectivity index (χ3n) is 5.00. The summed E-state index contributed by atoms with van der Waals surface area (Å²) in [6, 6.07) is 18.4. The fourth-order valence-electron chi connectivity index (χ4n) is 3.48. The van der Waals surface area contributed by atoms with Crippen molar-refractivity contribution >= 4 is 29.3 Å². The van der Waals surface area contributed by atoms with E-state index in [1.807, 2.05) is 28.8 Å². The number of halogens is 1. The fourth-order valence-corrected chi connectivity index (χ4v) is 4.63. The maximum atomic E-state index is 9.77. The Kier molecular flexibility index (Phi) is 6.08. The van der Waals surface area contributed by atoms with Gasteiger partial charge in [-0.1, -0.05) is 59.3 Å². The SMILES string of the molecule is Cc1ccc(CC(C#N)Sc2nnc(N3CCCC3)n2-c2cccc(Cl)c2)cc1. The molecule has 1 aromatic heterocycles. The lowest BCUT2D eigenvalue weighted by Crippen LogP contribution is -2.22. The molecule has 1 aliphatic rings. The molecule has 7 heteroatoms. The molecule has 148 valence electrons. The number of nitriles is 1. The van der Waals surface area contributed by atoms with Crippen LogP contribution in [0.25, 0.3) is 5.69 Å². The lowest BCUT2D eigenvalue weighted by atomic mass is 10.1. The van der Waals surface area contributed by atoms with E-state index in [0.717, 1.165) is 43.1 Å². The quantitative estimate of drug-likeness (QED) is 0.519. The normalized spacial score (nSPS) is 14.7. The number of anilines is 1. The highest BCUT2D eigenvalue weighted by Gasteiger charge is 2.24. The van der Waals surface area contributed by atoms with E-state index in [0.29, 0.717) is 16.6 Å². The highest BCUT2D eigenvalue weighted by atomic mass is 35.5. The van der Waals surface area contributed by atoms with Crippen molar-refractivity contribution in [2.75, 3.05) is 18.0 Å². The zero-order chi connectivity index (χ0) is 20.2. The summed E-state index contributed by atoms with van der Waals surface area (Å²) < 4.78 is 2.03. The average Bonchev–Trinajstić information content (AvgIpc) is 3.38. The molecule has 3 aromatic rings. The standard InChI is InChI=1S/C22H22ClN5S/c1-16-7-9-17(10-8-16)13-20(15-24)29-22-26-25-21(27-11-2-3-12-27)28(22)19-6-4-5-18(23)14-19/h4-10,14,20H,2-3,11-13H2,1H3. The Bertz CT molecular complexity index is 1020. The molecule has 1 atom stereocenters. The van der Waals surface area contributed by atoms with Crippen molar-refractivity contribution in [1.82, 2.24) is 14.8 Å². The van der Waals surface area contributed by atoms with E-state index in [1.165, 1.54) is 17.3 Å². The first-order valence-electron chi connectivity index (χ1n) is 9.72. The van der Waals surface area contributed by atoms with E-state index < -0.39 is 0 Å². The van der Waals surface area contributed by atoms with Crippen molar-refractivity contribution in [2.24, 2.45) is 0 Å². The Morgan fingerprint density at radius 2 is 1.90 bits per heavy atom. The second-order valence-corrected chi connectivity index (χ2v) is 8.82. The lowest BCUT2D eigenvalue weighted by Gasteiger charge is -2.19. The molecule has 2 heterocycles. The van der Waals surface area contributed by atoms with Gasteiger partial charge in [0.1, 0.15) is 5.25 Å². The molecule has 1 saturated heterocycles. The number of aromatic nitrogens is 3. The highest BCUT2D eigenvalue weighted by Crippen LogP contribution is 2.32. The second kappa shape index (κ2) is 8.89. The largest absolute Gasteiger partial charge is 0.341 e. The molecule has 1 unspecified atom stereocenters. The van der Waals surface area contributed by atoms with Gasteiger partial charge in [0, 0.05) is 18.1 Å². The molecule has 0 bridgehead atoms. The van der Waals surface area contributed by atoms with Crippen LogP contribution in [0.3, 0.4) is 0 Å². The summed E-state index contributed by atoms with van der Waals surface area (Å²) in [4.78, 5) is 2.25. The monoisotopic (exact) mass is 423 g/mol. The molecule has 5 nitrogen and oxygen atoms in total. The van der Waals surface area contributed by atoms with Crippen molar-refractivity contribution in [3.8, 4) is 11.8 Å². The summed E-state index contributed by atoms with van der Waals surface area (Å²) in [6.07, 6.45) is 2.96. The van der Waals surface area contributed by atoms with Crippen LogP contribution in [0.15, 0.2) is 53.7 Å². The van der Waals surface area contributed by atoms with Crippen molar-refractivity contribution in [3.63, 3.8) is 0 Å².